The Labute approximate surface area is 89.4 Å². The molecule has 1 rings (SSSR count). The van der Waals surface area contributed by atoms with Crippen LogP contribution in [0.5, 0.6) is 0 Å². The normalized spacial score (nSPS) is 18.6. The second-order valence-corrected chi connectivity index (χ2v) is 4.92. The van der Waals surface area contributed by atoms with E-state index in [-0.39, 0.29) is 12.0 Å². The fraction of sp³-hybridized carbons (Fsp3) is 0.900. The summed E-state index contributed by atoms with van der Waals surface area (Å²) >= 11 is 1.86. The Bertz CT molecular complexity index is 193. The summed E-state index contributed by atoms with van der Waals surface area (Å²) in [4.78, 5) is 0. The summed E-state index contributed by atoms with van der Waals surface area (Å²) in [5, 5.41) is 17.5. The van der Waals surface area contributed by atoms with Gasteiger partial charge in [-0.15, -0.1) is 0 Å². The van der Waals surface area contributed by atoms with Crippen LogP contribution in [0.4, 0.5) is 0 Å². The van der Waals surface area contributed by atoms with Crippen molar-refractivity contribution in [1.82, 2.24) is 0 Å². The van der Waals surface area contributed by atoms with Gasteiger partial charge < -0.3 is 9.84 Å². The highest BCUT2D eigenvalue weighted by atomic mass is 32.2. The van der Waals surface area contributed by atoms with E-state index in [0.29, 0.717) is 19.6 Å². The van der Waals surface area contributed by atoms with Gasteiger partial charge in [0.2, 0.25) is 0 Å². The lowest BCUT2D eigenvalue weighted by molar-refractivity contribution is -0.121. The summed E-state index contributed by atoms with van der Waals surface area (Å²) in [6.07, 6.45) is 2.75. The maximum atomic E-state index is 9.14. The molecule has 1 N–H and O–H groups in total. The molecule has 0 amide bonds. The highest BCUT2D eigenvalue weighted by Gasteiger charge is 2.37. The van der Waals surface area contributed by atoms with Crippen molar-refractivity contribution in [3.8, 4) is 6.07 Å². The van der Waals surface area contributed by atoms with Crippen LogP contribution in [0.1, 0.15) is 19.3 Å². The first-order valence-corrected chi connectivity index (χ1v) is 6.12. The number of ether oxygens (including phenoxy) is 1. The summed E-state index contributed by atoms with van der Waals surface area (Å²) in [5.74, 6) is 2.07. The summed E-state index contributed by atoms with van der Waals surface area (Å²) in [5.41, 5.74) is 0.0416. The van der Waals surface area contributed by atoms with Gasteiger partial charge in [-0.3, -0.25) is 0 Å². The van der Waals surface area contributed by atoms with Crippen molar-refractivity contribution in [3.63, 3.8) is 0 Å². The molecule has 14 heavy (non-hydrogen) atoms. The van der Waals surface area contributed by atoms with E-state index in [4.69, 9.17) is 15.1 Å². The zero-order valence-corrected chi connectivity index (χ0v) is 9.18. The summed E-state index contributed by atoms with van der Waals surface area (Å²) in [6.45, 7) is 1.64. The fourth-order valence-corrected chi connectivity index (χ4v) is 2.55. The standard InChI is InChI=1S/C10H17NO2S/c11-4-2-1-3-5-14-9-10(6-12)7-13-8-10/h12H,1-3,5-9H2. The molecule has 0 unspecified atom stereocenters. The van der Waals surface area contributed by atoms with Gasteiger partial charge in [-0.2, -0.15) is 17.0 Å². The molecule has 0 aromatic rings. The van der Waals surface area contributed by atoms with Crippen molar-refractivity contribution < 1.29 is 9.84 Å². The van der Waals surface area contributed by atoms with Crippen molar-refractivity contribution in [1.29, 1.82) is 5.26 Å². The minimum absolute atomic E-state index is 0.0416. The van der Waals surface area contributed by atoms with Crippen LogP contribution in [-0.4, -0.2) is 36.4 Å². The highest BCUT2D eigenvalue weighted by Crippen LogP contribution is 2.31. The van der Waals surface area contributed by atoms with Gasteiger partial charge in [-0.25, -0.2) is 0 Å². The van der Waals surface area contributed by atoms with Gasteiger partial charge >= 0.3 is 0 Å². The Morgan fingerprint density at radius 2 is 2.21 bits per heavy atom. The van der Waals surface area contributed by atoms with E-state index < -0.39 is 0 Å². The molecule has 1 saturated heterocycles. The van der Waals surface area contributed by atoms with Crippen LogP contribution in [0.2, 0.25) is 0 Å². The van der Waals surface area contributed by atoms with Crippen LogP contribution in [0.3, 0.4) is 0 Å². The molecule has 0 radical (unpaired) electrons. The van der Waals surface area contributed by atoms with E-state index in [2.05, 4.69) is 6.07 Å². The van der Waals surface area contributed by atoms with E-state index in [1.807, 2.05) is 11.8 Å². The van der Waals surface area contributed by atoms with Crippen molar-refractivity contribution in [2.45, 2.75) is 19.3 Å². The molecule has 0 bridgehead atoms. The summed E-state index contributed by atoms with van der Waals surface area (Å²) < 4.78 is 5.11. The van der Waals surface area contributed by atoms with Crippen LogP contribution in [-0.2, 0) is 4.74 Å². The fourth-order valence-electron chi connectivity index (χ4n) is 1.31. The summed E-state index contributed by atoms with van der Waals surface area (Å²) in [6, 6.07) is 2.14. The molecule has 1 aliphatic heterocycles. The number of unbranched alkanes of at least 4 members (excludes halogenated alkanes) is 2. The van der Waals surface area contributed by atoms with Gasteiger partial charge in [0.1, 0.15) is 0 Å². The molecule has 1 aliphatic rings. The van der Waals surface area contributed by atoms with E-state index in [0.717, 1.165) is 24.3 Å². The van der Waals surface area contributed by atoms with Gasteiger partial charge in [0.25, 0.3) is 0 Å². The minimum atomic E-state index is 0.0416. The van der Waals surface area contributed by atoms with Crippen molar-refractivity contribution >= 4 is 11.8 Å². The number of thioether (sulfide) groups is 1. The van der Waals surface area contributed by atoms with Gasteiger partial charge in [-0.1, -0.05) is 0 Å². The molecule has 0 atom stereocenters. The molecule has 3 nitrogen and oxygen atoms in total. The Morgan fingerprint density at radius 1 is 1.43 bits per heavy atom. The third-order valence-corrected chi connectivity index (χ3v) is 3.78. The predicted octanol–water partition coefficient (Wildman–Crippen LogP) is 1.42. The van der Waals surface area contributed by atoms with Crippen LogP contribution in [0, 0.1) is 16.7 Å². The number of nitriles is 1. The lowest BCUT2D eigenvalue weighted by atomic mass is 9.90. The average molecular weight is 215 g/mol. The lowest BCUT2D eigenvalue weighted by Gasteiger charge is -2.39. The second-order valence-electron chi connectivity index (χ2n) is 3.82. The Hall–Kier alpha value is -0.240. The minimum Gasteiger partial charge on any atom is -0.396 e. The third kappa shape index (κ3) is 3.49. The monoisotopic (exact) mass is 215 g/mol. The van der Waals surface area contributed by atoms with Gasteiger partial charge in [-0.05, 0) is 18.6 Å². The van der Waals surface area contributed by atoms with Crippen LogP contribution in [0.25, 0.3) is 0 Å². The molecule has 0 spiro atoms. The van der Waals surface area contributed by atoms with Gasteiger partial charge in [0.05, 0.1) is 25.9 Å². The Balaban J connectivity index is 1.95. The van der Waals surface area contributed by atoms with E-state index in [9.17, 15) is 0 Å². The molecule has 80 valence electrons. The quantitative estimate of drug-likeness (QED) is 0.653. The van der Waals surface area contributed by atoms with Crippen molar-refractivity contribution in [2.75, 3.05) is 31.3 Å². The second kappa shape index (κ2) is 6.28. The molecule has 0 aromatic heterocycles. The molecule has 1 fully saturated rings. The molecule has 0 aromatic carbocycles. The van der Waals surface area contributed by atoms with E-state index in [1.54, 1.807) is 0 Å². The predicted molar refractivity (Wildman–Crippen MR) is 57.1 cm³/mol. The SMILES string of the molecule is N#CCCCCSCC1(CO)COC1. The van der Waals surface area contributed by atoms with Crippen LogP contribution in [0.15, 0.2) is 0 Å². The number of hydrogen-bond acceptors (Lipinski definition) is 4. The first kappa shape index (κ1) is 11.8. The van der Waals surface area contributed by atoms with E-state index >= 15 is 0 Å². The maximum absolute atomic E-state index is 9.14. The molecular weight excluding hydrogens is 198 g/mol. The third-order valence-electron chi connectivity index (χ3n) is 2.39. The first-order valence-electron chi connectivity index (χ1n) is 4.96. The molecule has 4 heteroatoms. The lowest BCUT2D eigenvalue weighted by Crippen LogP contribution is -2.47. The maximum Gasteiger partial charge on any atom is 0.0621 e. The largest absolute Gasteiger partial charge is 0.396 e. The number of aliphatic hydroxyl groups excluding tert-OH is 1. The van der Waals surface area contributed by atoms with Crippen LogP contribution >= 0.6 is 11.8 Å². The van der Waals surface area contributed by atoms with Crippen LogP contribution < -0.4 is 0 Å². The average Bonchev–Trinajstić information content (AvgIpc) is 2.15. The summed E-state index contributed by atoms with van der Waals surface area (Å²) in [7, 11) is 0. The molecule has 0 aliphatic carbocycles. The van der Waals surface area contributed by atoms with Crippen molar-refractivity contribution in [3.05, 3.63) is 0 Å². The van der Waals surface area contributed by atoms with Gasteiger partial charge in [0, 0.05) is 17.6 Å². The number of rotatable bonds is 7. The van der Waals surface area contributed by atoms with Gasteiger partial charge in [0.15, 0.2) is 0 Å². The Morgan fingerprint density at radius 3 is 2.71 bits per heavy atom. The Kier molecular flexibility index (Phi) is 5.31. The van der Waals surface area contributed by atoms with Crippen molar-refractivity contribution in [2.24, 2.45) is 5.41 Å². The molecular formula is C10H17NO2S. The first-order chi connectivity index (χ1) is 6.83. The number of aliphatic hydroxyl groups is 1. The number of hydrogen-bond donors (Lipinski definition) is 1. The topological polar surface area (TPSA) is 53.2 Å². The molecule has 1 heterocycles. The zero-order valence-electron chi connectivity index (χ0n) is 8.37. The smallest absolute Gasteiger partial charge is 0.0621 e. The molecule has 0 saturated carbocycles. The number of nitrogens with zero attached hydrogens (tertiary/aromatic N) is 1. The van der Waals surface area contributed by atoms with E-state index in [1.165, 1.54) is 0 Å². The zero-order chi connectivity index (χ0) is 10.3. The highest BCUT2D eigenvalue weighted by molar-refractivity contribution is 7.99.